The normalized spacial score (nSPS) is 24.7. The molecule has 9 nitrogen and oxygen atoms in total. The Morgan fingerprint density at radius 3 is 2.38 bits per heavy atom. The lowest BCUT2D eigenvalue weighted by molar-refractivity contribution is -0.124. The summed E-state index contributed by atoms with van der Waals surface area (Å²) in [6.07, 6.45) is 2.54. The molecule has 0 spiro atoms. The van der Waals surface area contributed by atoms with Crippen LogP contribution in [-0.4, -0.2) is 92.4 Å². The van der Waals surface area contributed by atoms with Gasteiger partial charge in [-0.05, 0) is 0 Å². The summed E-state index contributed by atoms with van der Waals surface area (Å²) in [6, 6.07) is 9.73. The summed E-state index contributed by atoms with van der Waals surface area (Å²) in [5, 5.41) is 3.43. The van der Waals surface area contributed by atoms with Crippen LogP contribution in [0.3, 0.4) is 0 Å². The molecule has 0 aliphatic carbocycles. The molecule has 4 heterocycles. The van der Waals surface area contributed by atoms with Gasteiger partial charge in [0.25, 0.3) is 0 Å². The lowest BCUT2D eigenvalue weighted by Crippen LogP contribution is -2.65. The zero-order chi connectivity index (χ0) is 22.1. The van der Waals surface area contributed by atoms with E-state index in [0.29, 0.717) is 73.1 Å². The summed E-state index contributed by atoms with van der Waals surface area (Å²) in [5.41, 5.74) is 2.15. The van der Waals surface area contributed by atoms with Crippen LogP contribution in [0.2, 0.25) is 5.15 Å². The van der Waals surface area contributed by atoms with Crippen molar-refractivity contribution < 1.29 is 9.00 Å². The second-order valence-electron chi connectivity index (χ2n) is 7.93. The van der Waals surface area contributed by atoms with E-state index < -0.39 is 16.6 Å². The van der Waals surface area contributed by atoms with Gasteiger partial charge in [0.15, 0.2) is 11.0 Å². The van der Waals surface area contributed by atoms with Gasteiger partial charge >= 0.3 is 0 Å². The molecular weight excluding hydrogens is 450 g/mol. The maximum absolute atomic E-state index is 12.1. The quantitative estimate of drug-likeness (QED) is 0.667. The van der Waals surface area contributed by atoms with Crippen LogP contribution in [0, 0.1) is 0 Å². The Bertz CT molecular complexity index is 1050. The fraction of sp³-hybridized carbons (Fsp3) is 0.429. The van der Waals surface area contributed by atoms with E-state index in [-0.39, 0.29) is 0 Å². The molecule has 5 rings (SSSR count). The van der Waals surface area contributed by atoms with Gasteiger partial charge in [-0.1, -0.05) is 41.9 Å². The highest BCUT2D eigenvalue weighted by Gasteiger charge is 2.50. The number of hydrogen-bond donors (Lipinski definition) is 1. The Kier molecular flexibility index (Phi) is 5.93. The highest BCUT2D eigenvalue weighted by molar-refractivity contribution is 7.85. The van der Waals surface area contributed by atoms with Crippen molar-refractivity contribution in [1.29, 1.82) is 0 Å². The lowest BCUT2D eigenvalue weighted by Gasteiger charge is -2.51. The highest BCUT2D eigenvalue weighted by atomic mass is 35.5. The van der Waals surface area contributed by atoms with E-state index in [9.17, 15) is 9.00 Å². The van der Waals surface area contributed by atoms with Crippen LogP contribution in [0.5, 0.6) is 0 Å². The minimum atomic E-state index is -0.901. The minimum absolute atomic E-state index is 0.317. The van der Waals surface area contributed by atoms with Gasteiger partial charge in [-0.2, -0.15) is 0 Å². The Morgan fingerprint density at radius 1 is 1.00 bits per heavy atom. The minimum Gasteiger partial charge on any atom is -0.343 e. The number of aromatic nitrogens is 2. The Labute approximate surface area is 193 Å². The number of carbonyl (C=O) groups excluding carboxylic acids is 1. The zero-order valence-corrected chi connectivity index (χ0v) is 19.1. The van der Waals surface area contributed by atoms with Gasteiger partial charge in [0.05, 0.1) is 6.34 Å². The predicted octanol–water partition coefficient (Wildman–Crippen LogP) is 1.20. The van der Waals surface area contributed by atoms with Crippen molar-refractivity contribution >= 4 is 41.0 Å². The van der Waals surface area contributed by atoms with E-state index >= 15 is 0 Å². The summed E-state index contributed by atoms with van der Waals surface area (Å²) in [4.78, 5) is 32.2. The number of anilines is 1. The molecule has 2 fully saturated rings. The van der Waals surface area contributed by atoms with Crippen molar-refractivity contribution in [2.45, 2.75) is 5.79 Å². The van der Waals surface area contributed by atoms with E-state index in [1.54, 1.807) is 11.2 Å². The molecule has 168 valence electrons. The van der Waals surface area contributed by atoms with E-state index in [4.69, 9.17) is 21.6 Å². The molecule has 3 aliphatic heterocycles. The Balaban J connectivity index is 1.64. The van der Waals surface area contributed by atoms with E-state index in [0.717, 1.165) is 12.0 Å². The van der Waals surface area contributed by atoms with E-state index in [1.807, 2.05) is 30.3 Å². The van der Waals surface area contributed by atoms with Crippen LogP contribution in [-0.2, 0) is 21.4 Å². The molecule has 0 bridgehead atoms. The molecule has 1 aromatic heterocycles. The molecule has 0 saturated carbocycles. The number of rotatable bonds is 4. The second-order valence-corrected chi connectivity index (χ2v) is 9.98. The summed E-state index contributed by atoms with van der Waals surface area (Å²) in [5.74, 6) is 0.831. The van der Waals surface area contributed by atoms with Gasteiger partial charge in [0.1, 0.15) is 11.4 Å². The van der Waals surface area contributed by atoms with Crippen LogP contribution in [0.1, 0.15) is 5.69 Å². The van der Waals surface area contributed by atoms with Crippen LogP contribution >= 0.6 is 11.6 Å². The van der Waals surface area contributed by atoms with Gasteiger partial charge < -0.3 is 10.2 Å². The van der Waals surface area contributed by atoms with Crippen molar-refractivity contribution in [3.05, 3.63) is 41.2 Å². The summed E-state index contributed by atoms with van der Waals surface area (Å²) < 4.78 is 12.1. The zero-order valence-electron chi connectivity index (χ0n) is 17.5. The third-order valence-corrected chi connectivity index (χ3v) is 7.73. The van der Waals surface area contributed by atoms with Gasteiger partial charge in [0.2, 0.25) is 12.2 Å². The van der Waals surface area contributed by atoms with Crippen LogP contribution in [0.15, 0.2) is 35.3 Å². The number of amides is 1. The molecule has 1 unspecified atom stereocenters. The molecule has 1 N–H and O–H groups in total. The second kappa shape index (κ2) is 8.86. The number of piperazine rings is 1. The van der Waals surface area contributed by atoms with Crippen molar-refractivity contribution in [3.63, 3.8) is 0 Å². The fourth-order valence-corrected chi connectivity index (χ4v) is 5.81. The van der Waals surface area contributed by atoms with Gasteiger partial charge in [-0.3, -0.25) is 18.8 Å². The Hall–Kier alpha value is -2.40. The molecule has 1 aromatic carbocycles. The summed E-state index contributed by atoms with van der Waals surface area (Å²) in [6.45, 7) is 3.75. The molecule has 2 aromatic rings. The predicted molar refractivity (Wildman–Crippen MR) is 125 cm³/mol. The largest absolute Gasteiger partial charge is 0.343 e. The molecule has 32 heavy (non-hydrogen) atoms. The van der Waals surface area contributed by atoms with Crippen LogP contribution < -0.4 is 5.32 Å². The van der Waals surface area contributed by atoms with Crippen LogP contribution in [0.4, 0.5) is 5.82 Å². The maximum atomic E-state index is 12.1. The number of fused-ring (bicyclic) bond motifs is 1. The molecule has 11 heteroatoms. The van der Waals surface area contributed by atoms with Gasteiger partial charge in [-0.25, -0.2) is 15.0 Å². The first-order chi connectivity index (χ1) is 15.6. The topological polar surface area (TPSA) is 94.0 Å². The highest BCUT2D eigenvalue weighted by Crippen LogP contribution is 2.41. The first-order valence-corrected chi connectivity index (χ1v) is 12.5. The van der Waals surface area contributed by atoms with Crippen LogP contribution in [0.25, 0.3) is 11.3 Å². The third-order valence-electron chi connectivity index (χ3n) is 6.19. The molecule has 1 amide bonds. The lowest BCUT2D eigenvalue weighted by atomic mass is 10.1. The fourth-order valence-electron chi connectivity index (χ4n) is 4.53. The van der Waals surface area contributed by atoms with Crippen molar-refractivity contribution in [1.82, 2.24) is 24.7 Å². The number of nitrogens with one attached hydrogen (secondary N) is 1. The molecule has 1 atom stereocenters. The standard InChI is InChI=1S/C21H24ClN7O2S/c22-19-17(16-4-2-1-3-5-16)25-18-20(26-19)23-14-24-21(18,29-10-12-32(31)13-11-29)28-8-6-27(15-30)7-9-28/h1-5,14-15H,6-13H2,(H,23,24,26). The number of aliphatic imine (C=N–C) groups is 1. The number of carbonyl (C=O) groups is 1. The first kappa shape index (κ1) is 21.4. The number of nitrogens with zero attached hydrogens (tertiary/aromatic N) is 6. The van der Waals surface area contributed by atoms with Crippen molar-refractivity contribution in [2.24, 2.45) is 4.99 Å². The SMILES string of the molecule is O=CN1CCN(C2(N3CCS(=O)CC3)N=CNc3nc(Cl)c(-c4ccccc4)nc32)CC1. The average Bonchev–Trinajstić information content (AvgIpc) is 2.84. The molecule has 2 saturated heterocycles. The number of benzene rings is 1. The monoisotopic (exact) mass is 473 g/mol. The van der Waals surface area contributed by atoms with Gasteiger partial charge in [0, 0.05) is 67.1 Å². The van der Waals surface area contributed by atoms with E-state index in [1.165, 1.54) is 0 Å². The number of halogens is 1. The Morgan fingerprint density at radius 2 is 1.69 bits per heavy atom. The summed E-state index contributed by atoms with van der Waals surface area (Å²) >= 11 is 6.55. The maximum Gasteiger partial charge on any atom is 0.219 e. The van der Waals surface area contributed by atoms with Gasteiger partial charge in [-0.15, -0.1) is 0 Å². The third kappa shape index (κ3) is 3.71. The first-order valence-electron chi connectivity index (χ1n) is 10.6. The average molecular weight is 474 g/mol. The molecule has 0 radical (unpaired) electrons. The summed E-state index contributed by atoms with van der Waals surface area (Å²) in [7, 11) is -0.831. The molecular formula is C21H24ClN7O2S. The number of hydrogen-bond acceptors (Lipinski definition) is 8. The van der Waals surface area contributed by atoms with E-state index in [2.05, 4.69) is 20.1 Å². The van der Waals surface area contributed by atoms with Crippen molar-refractivity contribution in [2.75, 3.05) is 56.1 Å². The molecule has 3 aliphatic rings. The van der Waals surface area contributed by atoms with Crippen molar-refractivity contribution in [3.8, 4) is 11.3 Å². The smallest absolute Gasteiger partial charge is 0.219 e.